The highest BCUT2D eigenvalue weighted by molar-refractivity contribution is 5.91. The van der Waals surface area contributed by atoms with E-state index in [1.54, 1.807) is 6.20 Å². The number of aromatic nitrogens is 1. The second-order valence-electron chi connectivity index (χ2n) is 5.87. The molecule has 0 aliphatic carbocycles. The Morgan fingerprint density at radius 1 is 0.960 bits per heavy atom. The van der Waals surface area contributed by atoms with Crippen molar-refractivity contribution in [2.45, 2.75) is 12.5 Å². The highest BCUT2D eigenvalue weighted by Crippen LogP contribution is 2.25. The summed E-state index contributed by atoms with van der Waals surface area (Å²) in [5.74, 6) is 0. The molecule has 1 atom stereocenters. The predicted molar refractivity (Wildman–Crippen MR) is 104 cm³/mol. The number of halogens is 1. The molecule has 25 heavy (non-hydrogen) atoms. The maximum atomic E-state index is 9.95. The molecule has 3 rings (SSSR count). The van der Waals surface area contributed by atoms with E-state index in [1.165, 1.54) is 5.56 Å². The molecule has 3 aromatic rings. The topological polar surface area (TPSA) is 56.6 Å². The molecule has 0 saturated carbocycles. The molecule has 0 spiro atoms. The van der Waals surface area contributed by atoms with Gasteiger partial charge in [-0.05, 0) is 24.1 Å². The fraction of sp³-hybridized carbons (Fsp3) is 0.250. The third-order valence-corrected chi connectivity index (χ3v) is 4.12. The standard InChI is InChI=1S/C20H22N2O2.ClH/c23-15-17(24)14-22(13-11-16-6-2-1-3-7-16)20-10-12-21-19-9-5-4-8-18(19)20;/h1-10,12,17,23-24H,11,13-15H2;1H. The first-order valence-corrected chi connectivity index (χ1v) is 8.19. The molecule has 0 amide bonds. The molecule has 2 aromatic carbocycles. The first-order chi connectivity index (χ1) is 11.8. The SMILES string of the molecule is Cl.OCC(O)CN(CCc1ccccc1)c1ccnc2ccccc12. The molecular weight excluding hydrogens is 336 g/mol. The van der Waals surface area contributed by atoms with Crippen LogP contribution in [0.25, 0.3) is 10.9 Å². The van der Waals surface area contributed by atoms with Crippen LogP contribution in [0.2, 0.25) is 0 Å². The van der Waals surface area contributed by atoms with Crippen molar-refractivity contribution >= 4 is 29.0 Å². The van der Waals surface area contributed by atoms with Gasteiger partial charge in [0.2, 0.25) is 0 Å². The van der Waals surface area contributed by atoms with Gasteiger partial charge in [-0.2, -0.15) is 0 Å². The zero-order chi connectivity index (χ0) is 16.8. The third-order valence-electron chi connectivity index (χ3n) is 4.12. The molecule has 0 fully saturated rings. The lowest BCUT2D eigenvalue weighted by Gasteiger charge is -2.28. The maximum absolute atomic E-state index is 9.95. The van der Waals surface area contributed by atoms with E-state index in [9.17, 15) is 10.2 Å². The lowest BCUT2D eigenvalue weighted by Crippen LogP contribution is -2.36. The van der Waals surface area contributed by atoms with E-state index < -0.39 is 6.10 Å². The zero-order valence-corrected chi connectivity index (χ0v) is 14.8. The van der Waals surface area contributed by atoms with Crippen LogP contribution >= 0.6 is 12.4 Å². The quantitative estimate of drug-likeness (QED) is 0.681. The summed E-state index contributed by atoms with van der Waals surface area (Å²) in [5.41, 5.74) is 3.21. The molecule has 0 bridgehead atoms. The van der Waals surface area contributed by atoms with Crippen LogP contribution < -0.4 is 4.90 Å². The van der Waals surface area contributed by atoms with E-state index in [0.29, 0.717) is 6.54 Å². The minimum Gasteiger partial charge on any atom is -0.394 e. The molecule has 1 aromatic heterocycles. The summed E-state index contributed by atoms with van der Waals surface area (Å²) in [6.45, 7) is 0.900. The number of aliphatic hydroxyl groups excluding tert-OH is 2. The Balaban J connectivity index is 0.00000225. The van der Waals surface area contributed by atoms with Gasteiger partial charge in [0.25, 0.3) is 0 Å². The minimum absolute atomic E-state index is 0. The predicted octanol–water partition coefficient (Wildman–Crippen LogP) is 3.06. The molecule has 4 nitrogen and oxygen atoms in total. The molecular formula is C20H23ClN2O2. The Morgan fingerprint density at radius 2 is 1.68 bits per heavy atom. The first-order valence-electron chi connectivity index (χ1n) is 8.19. The molecule has 1 heterocycles. The monoisotopic (exact) mass is 358 g/mol. The lowest BCUT2D eigenvalue weighted by molar-refractivity contribution is 0.0999. The molecule has 132 valence electrons. The summed E-state index contributed by atoms with van der Waals surface area (Å²) < 4.78 is 0. The van der Waals surface area contributed by atoms with E-state index in [2.05, 4.69) is 22.0 Å². The number of hydrogen-bond acceptors (Lipinski definition) is 4. The van der Waals surface area contributed by atoms with Crippen molar-refractivity contribution in [2.24, 2.45) is 0 Å². The van der Waals surface area contributed by atoms with Gasteiger partial charge in [0.05, 0.1) is 18.2 Å². The van der Waals surface area contributed by atoms with Crippen LogP contribution in [-0.2, 0) is 6.42 Å². The Kier molecular flexibility index (Phi) is 7.19. The summed E-state index contributed by atoms with van der Waals surface area (Å²) in [4.78, 5) is 6.53. The first kappa shape index (κ1) is 19.2. The zero-order valence-electron chi connectivity index (χ0n) is 14.0. The van der Waals surface area contributed by atoms with Crippen molar-refractivity contribution in [3.8, 4) is 0 Å². The number of benzene rings is 2. The number of fused-ring (bicyclic) bond motifs is 1. The van der Waals surface area contributed by atoms with Gasteiger partial charge >= 0.3 is 0 Å². The van der Waals surface area contributed by atoms with Gasteiger partial charge in [0, 0.05) is 30.4 Å². The molecule has 2 N–H and O–H groups in total. The number of aliphatic hydroxyl groups is 2. The fourth-order valence-electron chi connectivity index (χ4n) is 2.89. The number of para-hydroxylation sites is 1. The van der Waals surface area contributed by atoms with Gasteiger partial charge in [0.1, 0.15) is 0 Å². The van der Waals surface area contributed by atoms with E-state index in [-0.39, 0.29) is 19.0 Å². The van der Waals surface area contributed by atoms with E-state index in [0.717, 1.165) is 29.6 Å². The van der Waals surface area contributed by atoms with E-state index in [1.807, 2.05) is 48.5 Å². The van der Waals surface area contributed by atoms with Crippen molar-refractivity contribution in [2.75, 3.05) is 24.6 Å². The van der Waals surface area contributed by atoms with Gasteiger partial charge in [0.15, 0.2) is 0 Å². The summed E-state index contributed by atoms with van der Waals surface area (Å²) in [5, 5.41) is 20.2. The van der Waals surface area contributed by atoms with Crippen molar-refractivity contribution < 1.29 is 10.2 Å². The molecule has 0 radical (unpaired) electrons. The second kappa shape index (κ2) is 9.37. The molecule has 5 heteroatoms. The van der Waals surface area contributed by atoms with Crippen LogP contribution in [0, 0.1) is 0 Å². The lowest BCUT2D eigenvalue weighted by atomic mass is 10.1. The van der Waals surface area contributed by atoms with Crippen LogP contribution in [0.1, 0.15) is 5.56 Å². The molecule has 0 aliphatic heterocycles. The second-order valence-corrected chi connectivity index (χ2v) is 5.87. The Morgan fingerprint density at radius 3 is 2.44 bits per heavy atom. The van der Waals surface area contributed by atoms with Gasteiger partial charge in [-0.25, -0.2) is 0 Å². The van der Waals surface area contributed by atoms with Gasteiger partial charge < -0.3 is 15.1 Å². The average Bonchev–Trinajstić information content (AvgIpc) is 2.65. The number of nitrogens with zero attached hydrogens (tertiary/aromatic N) is 2. The average molecular weight is 359 g/mol. The third kappa shape index (κ3) is 4.92. The van der Waals surface area contributed by atoms with E-state index >= 15 is 0 Å². The maximum Gasteiger partial charge on any atom is 0.0945 e. The van der Waals surface area contributed by atoms with E-state index in [4.69, 9.17) is 0 Å². The summed E-state index contributed by atoms with van der Waals surface area (Å²) >= 11 is 0. The smallest absolute Gasteiger partial charge is 0.0945 e. The van der Waals surface area contributed by atoms with Gasteiger partial charge in [-0.15, -0.1) is 12.4 Å². The van der Waals surface area contributed by atoms with Crippen molar-refractivity contribution in [3.63, 3.8) is 0 Å². The number of pyridine rings is 1. The highest BCUT2D eigenvalue weighted by Gasteiger charge is 2.14. The van der Waals surface area contributed by atoms with Crippen molar-refractivity contribution in [1.29, 1.82) is 0 Å². The molecule has 0 aliphatic rings. The van der Waals surface area contributed by atoms with Crippen LogP contribution in [0.15, 0.2) is 66.9 Å². The molecule has 1 unspecified atom stereocenters. The van der Waals surface area contributed by atoms with Crippen LogP contribution in [0.4, 0.5) is 5.69 Å². The number of anilines is 1. The van der Waals surface area contributed by atoms with Gasteiger partial charge in [-0.3, -0.25) is 4.98 Å². The fourth-order valence-corrected chi connectivity index (χ4v) is 2.89. The molecule has 0 saturated heterocycles. The summed E-state index contributed by atoms with van der Waals surface area (Å²) in [6, 6.07) is 20.2. The Labute approximate surface area is 154 Å². The van der Waals surface area contributed by atoms with Gasteiger partial charge in [-0.1, -0.05) is 48.5 Å². The van der Waals surface area contributed by atoms with Crippen LogP contribution in [0.3, 0.4) is 0 Å². The summed E-state index contributed by atoms with van der Waals surface area (Å²) in [7, 11) is 0. The normalized spacial score (nSPS) is 11.8. The largest absolute Gasteiger partial charge is 0.394 e. The Bertz CT molecular complexity index is 778. The minimum atomic E-state index is -0.771. The van der Waals surface area contributed by atoms with Crippen molar-refractivity contribution in [3.05, 3.63) is 72.4 Å². The Hall–Kier alpha value is -2.14. The van der Waals surface area contributed by atoms with Crippen molar-refractivity contribution in [1.82, 2.24) is 4.98 Å². The van der Waals surface area contributed by atoms with Crippen LogP contribution in [-0.4, -0.2) is 41.0 Å². The number of rotatable bonds is 7. The van der Waals surface area contributed by atoms with Crippen LogP contribution in [0.5, 0.6) is 0 Å². The summed E-state index contributed by atoms with van der Waals surface area (Å²) in [6.07, 6.45) is 1.89. The highest BCUT2D eigenvalue weighted by atomic mass is 35.5. The number of hydrogen-bond donors (Lipinski definition) is 2.